The first-order valence-electron chi connectivity index (χ1n) is 5.00. The molecule has 3 aromatic rings. The van der Waals surface area contributed by atoms with Gasteiger partial charge in [-0.15, -0.1) is 5.10 Å². The number of hydrogen-bond acceptors (Lipinski definition) is 7. The van der Waals surface area contributed by atoms with E-state index in [1.54, 1.807) is 23.1 Å². The summed E-state index contributed by atoms with van der Waals surface area (Å²) in [5.41, 5.74) is 0.582. The van der Waals surface area contributed by atoms with Gasteiger partial charge < -0.3 is 9.73 Å². The van der Waals surface area contributed by atoms with Gasteiger partial charge in [0.05, 0.1) is 25.1 Å². The molecule has 0 aliphatic carbocycles. The molecule has 0 aliphatic heterocycles. The molecule has 0 spiro atoms. The van der Waals surface area contributed by atoms with Crippen LogP contribution in [0, 0.1) is 6.92 Å². The van der Waals surface area contributed by atoms with Gasteiger partial charge in [0, 0.05) is 0 Å². The van der Waals surface area contributed by atoms with Crippen LogP contribution in [-0.2, 0) is 6.54 Å². The first kappa shape index (κ1) is 9.70. The number of fused-ring (bicyclic) bond motifs is 1. The molecule has 86 valence electrons. The highest BCUT2D eigenvalue weighted by molar-refractivity contribution is 5.43. The van der Waals surface area contributed by atoms with E-state index in [2.05, 4.69) is 30.8 Å². The van der Waals surface area contributed by atoms with Gasteiger partial charge in [-0.05, 0) is 17.4 Å². The number of hydrogen-bond donors (Lipinski definition) is 1. The topological polar surface area (TPSA) is 94.0 Å². The van der Waals surface area contributed by atoms with Crippen LogP contribution in [0.5, 0.6) is 0 Å². The van der Waals surface area contributed by atoms with Crippen LogP contribution in [0.3, 0.4) is 0 Å². The molecule has 3 heterocycles. The zero-order valence-electron chi connectivity index (χ0n) is 9.03. The first-order valence-corrected chi connectivity index (χ1v) is 5.00. The maximum absolute atomic E-state index is 5.34. The lowest BCUT2D eigenvalue weighted by Gasteiger charge is -2.03. The molecule has 0 aromatic carbocycles. The minimum atomic E-state index is 0.453. The zero-order chi connectivity index (χ0) is 11.7. The van der Waals surface area contributed by atoms with Crippen LogP contribution in [0.15, 0.2) is 23.0 Å². The standard InChI is InChI=1S/C9H9N7O/c1-6-2-12-9(17-6)5-11-7-3-10-4-8-13-14-15-16(7)8/h2-4,11H,5H2,1H3. The number of anilines is 1. The summed E-state index contributed by atoms with van der Waals surface area (Å²) in [5, 5.41) is 14.3. The monoisotopic (exact) mass is 231 g/mol. The van der Waals surface area contributed by atoms with Crippen molar-refractivity contribution in [2.24, 2.45) is 0 Å². The summed E-state index contributed by atoms with van der Waals surface area (Å²) < 4.78 is 6.90. The lowest BCUT2D eigenvalue weighted by atomic mass is 10.5. The van der Waals surface area contributed by atoms with Crippen LogP contribution in [0.1, 0.15) is 11.7 Å². The van der Waals surface area contributed by atoms with Crippen LogP contribution in [0.25, 0.3) is 5.65 Å². The molecule has 0 aliphatic rings. The van der Waals surface area contributed by atoms with Gasteiger partial charge in [0.25, 0.3) is 0 Å². The van der Waals surface area contributed by atoms with Crippen molar-refractivity contribution in [1.82, 2.24) is 30.0 Å². The van der Waals surface area contributed by atoms with Gasteiger partial charge >= 0.3 is 0 Å². The molecule has 0 saturated carbocycles. The van der Waals surface area contributed by atoms with Crippen molar-refractivity contribution in [1.29, 1.82) is 0 Å². The van der Waals surface area contributed by atoms with Gasteiger partial charge in [-0.25, -0.2) is 4.98 Å². The molecule has 3 aromatic heterocycles. The van der Waals surface area contributed by atoms with Gasteiger partial charge in [0.1, 0.15) is 5.76 Å². The Labute approximate surface area is 95.7 Å². The maximum Gasteiger partial charge on any atom is 0.213 e. The Morgan fingerprint density at radius 1 is 1.35 bits per heavy atom. The predicted octanol–water partition coefficient (Wildman–Crippen LogP) is 0.428. The fraction of sp³-hybridized carbons (Fsp3) is 0.222. The van der Waals surface area contributed by atoms with Gasteiger partial charge in [-0.2, -0.15) is 4.52 Å². The number of aryl methyl sites for hydroxylation is 1. The Morgan fingerprint density at radius 3 is 3.12 bits per heavy atom. The Hall–Kier alpha value is -2.51. The van der Waals surface area contributed by atoms with E-state index in [1.807, 2.05) is 6.92 Å². The summed E-state index contributed by atoms with van der Waals surface area (Å²) in [5.74, 6) is 2.07. The quantitative estimate of drug-likeness (QED) is 0.698. The minimum Gasteiger partial charge on any atom is -0.444 e. The van der Waals surface area contributed by atoms with Crippen LogP contribution in [0.2, 0.25) is 0 Å². The Morgan fingerprint density at radius 2 is 2.29 bits per heavy atom. The molecule has 8 heteroatoms. The minimum absolute atomic E-state index is 0.453. The molecular weight excluding hydrogens is 222 g/mol. The molecule has 17 heavy (non-hydrogen) atoms. The lowest BCUT2D eigenvalue weighted by molar-refractivity contribution is 0.478. The van der Waals surface area contributed by atoms with Crippen molar-refractivity contribution < 1.29 is 4.42 Å². The number of rotatable bonds is 3. The fourth-order valence-electron chi connectivity index (χ4n) is 1.45. The summed E-state index contributed by atoms with van der Waals surface area (Å²) in [6, 6.07) is 0. The number of nitrogens with one attached hydrogen (secondary N) is 1. The third-order valence-corrected chi connectivity index (χ3v) is 2.20. The molecule has 0 unspecified atom stereocenters. The fourth-order valence-corrected chi connectivity index (χ4v) is 1.45. The predicted molar refractivity (Wildman–Crippen MR) is 57.1 cm³/mol. The Bertz CT molecular complexity index is 643. The van der Waals surface area contributed by atoms with Crippen LogP contribution in [0.4, 0.5) is 5.82 Å². The highest BCUT2D eigenvalue weighted by Gasteiger charge is 2.05. The number of aromatic nitrogens is 6. The SMILES string of the molecule is Cc1cnc(CNc2cncc3nnnn23)o1. The molecule has 0 fully saturated rings. The largest absolute Gasteiger partial charge is 0.444 e. The smallest absolute Gasteiger partial charge is 0.213 e. The second-order valence-corrected chi connectivity index (χ2v) is 3.46. The van der Waals surface area contributed by atoms with E-state index in [1.165, 1.54) is 0 Å². The number of nitrogens with zero attached hydrogens (tertiary/aromatic N) is 6. The summed E-state index contributed by atoms with van der Waals surface area (Å²) in [4.78, 5) is 8.11. The van der Waals surface area contributed by atoms with Gasteiger partial charge in [0.15, 0.2) is 11.5 Å². The average Bonchev–Trinajstić information content (AvgIpc) is 2.94. The van der Waals surface area contributed by atoms with E-state index in [0.29, 0.717) is 23.9 Å². The van der Waals surface area contributed by atoms with E-state index in [0.717, 1.165) is 5.76 Å². The van der Waals surface area contributed by atoms with Crippen LogP contribution in [-0.4, -0.2) is 30.0 Å². The molecule has 1 N–H and O–H groups in total. The Balaban J connectivity index is 1.83. The molecule has 0 amide bonds. The van der Waals surface area contributed by atoms with Gasteiger partial charge in [-0.1, -0.05) is 0 Å². The van der Waals surface area contributed by atoms with E-state index in [4.69, 9.17) is 4.42 Å². The second-order valence-electron chi connectivity index (χ2n) is 3.46. The average molecular weight is 231 g/mol. The third-order valence-electron chi connectivity index (χ3n) is 2.20. The van der Waals surface area contributed by atoms with Crippen molar-refractivity contribution in [3.8, 4) is 0 Å². The highest BCUT2D eigenvalue weighted by atomic mass is 16.4. The molecule has 0 bridgehead atoms. The van der Waals surface area contributed by atoms with Gasteiger partial charge in [-0.3, -0.25) is 4.98 Å². The number of oxazole rings is 1. The van der Waals surface area contributed by atoms with Crippen molar-refractivity contribution in [2.75, 3.05) is 5.32 Å². The second kappa shape index (κ2) is 3.81. The molecule has 0 radical (unpaired) electrons. The van der Waals surface area contributed by atoms with Crippen LogP contribution >= 0.6 is 0 Å². The van der Waals surface area contributed by atoms with Crippen molar-refractivity contribution >= 4 is 11.5 Å². The van der Waals surface area contributed by atoms with Crippen molar-refractivity contribution in [3.63, 3.8) is 0 Å². The maximum atomic E-state index is 5.34. The summed E-state index contributed by atoms with van der Waals surface area (Å²) >= 11 is 0. The van der Waals surface area contributed by atoms with E-state index in [-0.39, 0.29) is 0 Å². The summed E-state index contributed by atoms with van der Waals surface area (Å²) in [7, 11) is 0. The van der Waals surface area contributed by atoms with Crippen LogP contribution < -0.4 is 5.32 Å². The summed E-state index contributed by atoms with van der Waals surface area (Å²) in [6.45, 7) is 2.30. The molecule has 0 atom stereocenters. The first-order chi connectivity index (χ1) is 8.33. The lowest BCUT2D eigenvalue weighted by Crippen LogP contribution is -2.05. The zero-order valence-corrected chi connectivity index (χ0v) is 9.03. The molecule has 3 rings (SSSR count). The summed E-state index contributed by atoms with van der Waals surface area (Å²) in [6.07, 6.45) is 4.90. The normalized spacial score (nSPS) is 10.9. The van der Waals surface area contributed by atoms with Crippen molar-refractivity contribution in [2.45, 2.75) is 13.5 Å². The molecule has 0 saturated heterocycles. The number of tetrazole rings is 1. The van der Waals surface area contributed by atoms with Gasteiger partial charge in [0.2, 0.25) is 5.89 Å². The third kappa shape index (κ3) is 1.80. The highest BCUT2D eigenvalue weighted by Crippen LogP contribution is 2.08. The molecular formula is C9H9N7O. The van der Waals surface area contributed by atoms with Crippen molar-refractivity contribution in [3.05, 3.63) is 30.2 Å². The van der Waals surface area contributed by atoms with E-state index >= 15 is 0 Å². The Kier molecular flexibility index (Phi) is 2.18. The van der Waals surface area contributed by atoms with E-state index < -0.39 is 0 Å². The van der Waals surface area contributed by atoms with E-state index in [9.17, 15) is 0 Å². The molecule has 8 nitrogen and oxygen atoms in total.